The van der Waals surface area contributed by atoms with Gasteiger partial charge in [-0.1, -0.05) is 58.0 Å². The van der Waals surface area contributed by atoms with Gasteiger partial charge in [-0.05, 0) is 44.1 Å². The lowest BCUT2D eigenvalue weighted by Crippen LogP contribution is -2.61. The van der Waals surface area contributed by atoms with Gasteiger partial charge in [-0.15, -0.1) is 0 Å². The van der Waals surface area contributed by atoms with Gasteiger partial charge in [-0.3, -0.25) is 43.2 Å². The van der Waals surface area contributed by atoms with Crippen LogP contribution in [0.5, 0.6) is 0 Å². The molecule has 1 aromatic rings. The van der Waals surface area contributed by atoms with Gasteiger partial charge >= 0.3 is 17.9 Å². The molecule has 21 nitrogen and oxygen atoms in total. The van der Waals surface area contributed by atoms with Crippen LogP contribution in [0.25, 0.3) is 0 Å². The average Bonchev–Trinajstić information content (AvgIpc) is 3.11. The smallest absolute Gasteiger partial charge is 0.326 e. The minimum Gasteiger partial charge on any atom is -0.481 e. The van der Waals surface area contributed by atoms with Crippen LogP contribution >= 0.6 is 0 Å². The van der Waals surface area contributed by atoms with Gasteiger partial charge in [-0.25, -0.2) is 4.79 Å². The zero-order valence-corrected chi connectivity index (χ0v) is 34.1. The lowest BCUT2D eigenvalue weighted by atomic mass is 10.0. The molecule has 11 N–H and O–H groups in total. The minimum absolute atomic E-state index is 0.0480. The van der Waals surface area contributed by atoms with Gasteiger partial charge in [0.05, 0.1) is 18.9 Å². The molecule has 1 aromatic carbocycles. The fourth-order valence-corrected chi connectivity index (χ4v) is 5.61. The lowest BCUT2D eigenvalue weighted by Gasteiger charge is -2.28. The maximum Gasteiger partial charge on any atom is 0.326 e. The van der Waals surface area contributed by atoms with Gasteiger partial charge < -0.3 is 57.6 Å². The third-order valence-corrected chi connectivity index (χ3v) is 8.48. The number of carbonyl (C=O) groups excluding carboxylic acids is 7. The van der Waals surface area contributed by atoms with Crippen LogP contribution in [0.4, 0.5) is 0 Å². The second kappa shape index (κ2) is 24.6. The maximum atomic E-state index is 13.6. The Morgan fingerprint density at radius 1 is 0.508 bits per heavy atom. The van der Waals surface area contributed by atoms with Crippen molar-refractivity contribution in [1.82, 2.24) is 37.2 Å². The van der Waals surface area contributed by atoms with Gasteiger partial charge in [0.2, 0.25) is 41.4 Å². The predicted molar refractivity (Wildman–Crippen MR) is 208 cm³/mol. The third-order valence-electron chi connectivity index (χ3n) is 8.48. The van der Waals surface area contributed by atoms with Crippen LogP contribution in [-0.4, -0.2) is 128 Å². The number of carbonyl (C=O) groups is 10. The molecule has 0 radical (unpaired) electrons. The Balaban J connectivity index is 3.18. The highest BCUT2D eigenvalue weighted by molar-refractivity contribution is 5.98. The number of hydrogen-bond acceptors (Lipinski definition) is 11. The van der Waals surface area contributed by atoms with E-state index in [0.717, 1.165) is 6.92 Å². The first kappa shape index (κ1) is 50.9. The molecule has 0 fully saturated rings. The molecule has 0 heterocycles. The van der Waals surface area contributed by atoms with Gasteiger partial charge in [0.25, 0.3) is 0 Å². The summed E-state index contributed by atoms with van der Waals surface area (Å²) in [6, 6.07) is -2.64. The van der Waals surface area contributed by atoms with E-state index in [1.165, 1.54) is 13.8 Å². The number of aliphatic hydroxyl groups is 1. The number of aliphatic carboxylic acids is 3. The number of hydrogen-bond donors (Lipinski definition) is 11. The van der Waals surface area contributed by atoms with Gasteiger partial charge in [-0.2, -0.15) is 0 Å². The molecule has 0 bridgehead atoms. The molecule has 7 amide bonds. The number of nitrogens with one attached hydrogen (secondary N) is 7. The summed E-state index contributed by atoms with van der Waals surface area (Å²) in [6.07, 6.45) is -3.53. The molecular weight excluding hydrogens is 778 g/mol. The summed E-state index contributed by atoms with van der Waals surface area (Å²) in [5.41, 5.74) is 0.541. The average molecular weight is 836 g/mol. The van der Waals surface area contributed by atoms with Gasteiger partial charge in [0.15, 0.2) is 0 Å². The van der Waals surface area contributed by atoms with E-state index in [-0.39, 0.29) is 31.1 Å². The fraction of sp³-hybridized carbons (Fsp3) is 0.579. The molecule has 0 aliphatic rings. The standard InChI is InChI=1S/C38H57N7O14/c1-18(2)13-24(40-22(7)47)36(56)45-31(21(6)46)37(57)43-25(14-19(3)4)34(54)42-26(16-29(48)49)33(53)39-20(5)32(52)41-27(17-30(50)51)35(55)44-28(38(58)59)15-23-11-9-8-10-12-23/h8-12,18-21,24-28,31,46H,13-17H2,1-7H3,(H,39,53)(H,40,47)(H,41,52)(H,42,54)(H,43,57)(H,44,55)(H,45,56)(H,48,49)(H,50,51)(H,58,59)/t20-,21+,24-,25-,26-,27-,28-,31-/m0/s1. The highest BCUT2D eigenvalue weighted by Crippen LogP contribution is 2.10. The first-order valence-corrected chi connectivity index (χ1v) is 18.9. The normalized spacial score (nSPS) is 15.1. The van der Waals surface area contributed by atoms with Crippen LogP contribution < -0.4 is 37.2 Å². The summed E-state index contributed by atoms with van der Waals surface area (Å²) < 4.78 is 0. The summed E-state index contributed by atoms with van der Waals surface area (Å²) in [5.74, 6) is -11.7. The van der Waals surface area contributed by atoms with Crippen molar-refractivity contribution in [3.8, 4) is 0 Å². The summed E-state index contributed by atoms with van der Waals surface area (Å²) in [6.45, 7) is 10.5. The number of rotatable bonds is 25. The molecule has 328 valence electrons. The van der Waals surface area contributed by atoms with Crippen molar-refractivity contribution in [2.45, 2.75) is 129 Å². The van der Waals surface area contributed by atoms with Crippen molar-refractivity contribution in [2.24, 2.45) is 11.8 Å². The molecule has 0 saturated heterocycles. The van der Waals surface area contributed by atoms with Crippen molar-refractivity contribution >= 4 is 59.3 Å². The summed E-state index contributed by atoms with van der Waals surface area (Å²) in [5, 5.41) is 55.1. The second-order valence-electron chi connectivity index (χ2n) is 14.9. The van der Waals surface area contributed by atoms with Gasteiger partial charge in [0, 0.05) is 13.3 Å². The monoisotopic (exact) mass is 835 g/mol. The zero-order valence-electron chi connectivity index (χ0n) is 34.1. The zero-order chi connectivity index (χ0) is 45.1. The molecule has 8 atom stereocenters. The Morgan fingerprint density at radius 3 is 1.36 bits per heavy atom. The highest BCUT2D eigenvalue weighted by atomic mass is 16.4. The second-order valence-corrected chi connectivity index (χ2v) is 14.9. The van der Waals surface area contributed by atoms with Crippen LogP contribution in [0.2, 0.25) is 0 Å². The van der Waals surface area contributed by atoms with Crippen molar-refractivity contribution in [3.05, 3.63) is 35.9 Å². The molecule has 0 saturated carbocycles. The number of carboxylic acids is 3. The molecule has 0 spiro atoms. The number of carboxylic acid groups (broad SMARTS) is 3. The van der Waals surface area contributed by atoms with E-state index in [1.54, 1.807) is 58.0 Å². The van der Waals surface area contributed by atoms with Crippen molar-refractivity contribution < 1.29 is 68.4 Å². The Bertz CT molecular complexity index is 1670. The predicted octanol–water partition coefficient (Wildman–Crippen LogP) is -1.83. The fourth-order valence-electron chi connectivity index (χ4n) is 5.61. The van der Waals surface area contributed by atoms with E-state index in [4.69, 9.17) is 0 Å². The Labute approximate surface area is 341 Å². The molecule has 0 aliphatic carbocycles. The van der Waals surface area contributed by atoms with Crippen molar-refractivity contribution in [1.29, 1.82) is 0 Å². The molecule has 59 heavy (non-hydrogen) atoms. The first-order chi connectivity index (χ1) is 27.4. The van der Waals surface area contributed by atoms with Gasteiger partial charge in [0.1, 0.15) is 42.3 Å². The van der Waals surface area contributed by atoms with E-state index in [2.05, 4.69) is 37.2 Å². The van der Waals surface area contributed by atoms with Crippen LogP contribution in [0.15, 0.2) is 30.3 Å². The van der Waals surface area contributed by atoms with Crippen LogP contribution in [0.3, 0.4) is 0 Å². The molecule has 0 aromatic heterocycles. The third kappa shape index (κ3) is 19.3. The molecule has 21 heteroatoms. The van der Waals surface area contributed by atoms with Crippen molar-refractivity contribution in [3.63, 3.8) is 0 Å². The van der Waals surface area contributed by atoms with E-state index < -0.39 is 120 Å². The Hall–Kier alpha value is -6.12. The molecule has 1 rings (SSSR count). The number of benzene rings is 1. The molecule has 0 unspecified atom stereocenters. The van der Waals surface area contributed by atoms with E-state index in [9.17, 15) is 68.4 Å². The largest absolute Gasteiger partial charge is 0.481 e. The van der Waals surface area contributed by atoms with E-state index >= 15 is 0 Å². The quantitative estimate of drug-likeness (QED) is 0.0517. The maximum absolute atomic E-state index is 13.6. The SMILES string of the molecule is CC(=O)N[C@@H](CC(C)C)C(=O)N[C@H](C(=O)N[C@@H](CC(C)C)C(=O)N[C@@H](CC(=O)O)C(=O)N[C@@H](C)C(=O)N[C@@H](CC(=O)O)C(=O)N[C@@H](Cc1ccccc1)C(=O)O)[C@@H](C)O. The number of amides is 7. The van der Waals surface area contributed by atoms with Crippen LogP contribution in [0.1, 0.15) is 79.7 Å². The van der Waals surface area contributed by atoms with Crippen LogP contribution in [-0.2, 0) is 54.4 Å². The summed E-state index contributed by atoms with van der Waals surface area (Å²) in [4.78, 5) is 126. The molecular formula is C38H57N7O14. The highest BCUT2D eigenvalue weighted by Gasteiger charge is 2.35. The van der Waals surface area contributed by atoms with Crippen LogP contribution in [0, 0.1) is 11.8 Å². The van der Waals surface area contributed by atoms with Crippen molar-refractivity contribution in [2.75, 3.05) is 0 Å². The number of aliphatic hydroxyl groups excluding tert-OH is 1. The Kier molecular flexibility index (Phi) is 21.2. The minimum atomic E-state index is -1.85. The Morgan fingerprint density at radius 2 is 0.915 bits per heavy atom. The van der Waals surface area contributed by atoms with E-state index in [0.29, 0.717) is 5.56 Å². The summed E-state index contributed by atoms with van der Waals surface area (Å²) >= 11 is 0. The first-order valence-electron chi connectivity index (χ1n) is 18.9. The molecule has 0 aliphatic heterocycles. The summed E-state index contributed by atoms with van der Waals surface area (Å²) in [7, 11) is 0. The topological polar surface area (TPSA) is 336 Å². The lowest BCUT2D eigenvalue weighted by molar-refractivity contribution is -0.143. The van der Waals surface area contributed by atoms with E-state index in [1.807, 2.05) is 0 Å².